The summed E-state index contributed by atoms with van der Waals surface area (Å²) >= 11 is 0. The van der Waals surface area contributed by atoms with E-state index in [1.54, 1.807) is 13.3 Å². The first-order valence-electron chi connectivity index (χ1n) is 4.45. The first-order chi connectivity index (χ1) is 6.19. The van der Waals surface area contributed by atoms with Crippen molar-refractivity contribution in [1.29, 1.82) is 0 Å². The van der Waals surface area contributed by atoms with Gasteiger partial charge >= 0.3 is 0 Å². The predicted molar refractivity (Wildman–Crippen MR) is 52.7 cm³/mol. The number of aryl methyl sites for hydroxylation is 1. The molecule has 0 saturated carbocycles. The van der Waals surface area contributed by atoms with Crippen LogP contribution in [0.25, 0.3) is 0 Å². The SMILES string of the molecule is CCC(N)c1cnc(OC)c(C)c1. The number of methoxy groups -OCH3 is 1. The lowest BCUT2D eigenvalue weighted by atomic mass is 10.1. The van der Waals surface area contributed by atoms with Crippen LogP contribution in [0.2, 0.25) is 0 Å². The lowest BCUT2D eigenvalue weighted by molar-refractivity contribution is 0.394. The predicted octanol–water partition coefficient (Wildman–Crippen LogP) is 1.81. The van der Waals surface area contributed by atoms with Crippen LogP contribution >= 0.6 is 0 Å². The third kappa shape index (κ3) is 2.18. The summed E-state index contributed by atoms with van der Waals surface area (Å²) in [5.74, 6) is 0.673. The minimum absolute atomic E-state index is 0.0807. The molecule has 1 heterocycles. The van der Waals surface area contributed by atoms with Gasteiger partial charge in [0.05, 0.1) is 7.11 Å². The van der Waals surface area contributed by atoms with Crippen molar-refractivity contribution in [2.75, 3.05) is 7.11 Å². The monoisotopic (exact) mass is 180 g/mol. The van der Waals surface area contributed by atoms with Crippen LogP contribution < -0.4 is 10.5 Å². The Labute approximate surface area is 78.9 Å². The van der Waals surface area contributed by atoms with E-state index in [0.717, 1.165) is 17.5 Å². The molecule has 0 aromatic carbocycles. The quantitative estimate of drug-likeness (QED) is 0.771. The van der Waals surface area contributed by atoms with E-state index >= 15 is 0 Å². The highest BCUT2D eigenvalue weighted by atomic mass is 16.5. The summed E-state index contributed by atoms with van der Waals surface area (Å²) in [5.41, 5.74) is 7.98. The summed E-state index contributed by atoms with van der Waals surface area (Å²) in [5, 5.41) is 0. The average molecular weight is 180 g/mol. The van der Waals surface area contributed by atoms with Crippen LogP contribution in [0.15, 0.2) is 12.3 Å². The Balaban J connectivity index is 2.95. The fraction of sp³-hybridized carbons (Fsp3) is 0.500. The largest absolute Gasteiger partial charge is 0.481 e. The van der Waals surface area contributed by atoms with Crippen LogP contribution in [-0.2, 0) is 0 Å². The zero-order valence-corrected chi connectivity index (χ0v) is 8.37. The number of nitrogens with two attached hydrogens (primary N) is 1. The van der Waals surface area contributed by atoms with Crippen molar-refractivity contribution in [3.05, 3.63) is 23.4 Å². The van der Waals surface area contributed by atoms with Gasteiger partial charge in [0.25, 0.3) is 0 Å². The Morgan fingerprint density at radius 1 is 1.62 bits per heavy atom. The smallest absolute Gasteiger partial charge is 0.215 e. The van der Waals surface area contributed by atoms with Crippen LogP contribution in [0.4, 0.5) is 0 Å². The molecular weight excluding hydrogens is 164 g/mol. The van der Waals surface area contributed by atoms with Gasteiger partial charge in [-0.2, -0.15) is 0 Å². The molecule has 1 aromatic heterocycles. The molecule has 0 radical (unpaired) electrons. The average Bonchev–Trinajstić information content (AvgIpc) is 2.16. The Hall–Kier alpha value is -1.09. The maximum atomic E-state index is 5.87. The van der Waals surface area contributed by atoms with Crippen molar-refractivity contribution in [2.45, 2.75) is 26.3 Å². The standard InChI is InChI=1S/C10H16N2O/c1-4-9(11)8-5-7(2)10(13-3)12-6-8/h5-6,9H,4,11H2,1-3H3. The van der Waals surface area contributed by atoms with E-state index in [9.17, 15) is 0 Å². The third-order valence-electron chi connectivity index (χ3n) is 2.11. The molecule has 0 amide bonds. The molecule has 3 heteroatoms. The van der Waals surface area contributed by atoms with Gasteiger partial charge in [0.1, 0.15) is 0 Å². The van der Waals surface area contributed by atoms with E-state index in [2.05, 4.69) is 11.9 Å². The van der Waals surface area contributed by atoms with E-state index in [4.69, 9.17) is 10.5 Å². The molecule has 72 valence electrons. The lowest BCUT2D eigenvalue weighted by Crippen LogP contribution is -2.09. The number of rotatable bonds is 3. The zero-order valence-electron chi connectivity index (χ0n) is 8.37. The Kier molecular flexibility index (Phi) is 3.25. The summed E-state index contributed by atoms with van der Waals surface area (Å²) in [6.45, 7) is 4.03. The summed E-state index contributed by atoms with van der Waals surface area (Å²) in [7, 11) is 1.62. The summed E-state index contributed by atoms with van der Waals surface area (Å²) in [4.78, 5) is 4.16. The number of aromatic nitrogens is 1. The zero-order chi connectivity index (χ0) is 9.84. The van der Waals surface area contributed by atoms with Gasteiger partial charge in [0.2, 0.25) is 5.88 Å². The van der Waals surface area contributed by atoms with Crippen LogP contribution in [0, 0.1) is 6.92 Å². The van der Waals surface area contributed by atoms with Gasteiger partial charge in [-0.1, -0.05) is 6.92 Å². The molecule has 0 bridgehead atoms. The molecular formula is C10H16N2O. The van der Waals surface area contributed by atoms with Gasteiger partial charge in [0, 0.05) is 17.8 Å². The number of ether oxygens (including phenoxy) is 1. The fourth-order valence-corrected chi connectivity index (χ4v) is 1.24. The van der Waals surface area contributed by atoms with Crippen LogP contribution in [0.1, 0.15) is 30.5 Å². The molecule has 0 aliphatic carbocycles. The highest BCUT2D eigenvalue weighted by Gasteiger charge is 2.06. The van der Waals surface area contributed by atoms with Gasteiger partial charge in [-0.25, -0.2) is 4.98 Å². The highest BCUT2D eigenvalue weighted by Crippen LogP contribution is 2.19. The second kappa shape index (κ2) is 4.23. The summed E-state index contributed by atoms with van der Waals surface area (Å²) < 4.78 is 5.06. The lowest BCUT2D eigenvalue weighted by Gasteiger charge is -2.10. The molecule has 2 N–H and O–H groups in total. The van der Waals surface area contributed by atoms with E-state index < -0.39 is 0 Å². The first-order valence-corrected chi connectivity index (χ1v) is 4.45. The van der Waals surface area contributed by atoms with Gasteiger partial charge < -0.3 is 10.5 Å². The minimum Gasteiger partial charge on any atom is -0.481 e. The molecule has 3 nitrogen and oxygen atoms in total. The van der Waals surface area contributed by atoms with Crippen LogP contribution in [0.3, 0.4) is 0 Å². The molecule has 1 aromatic rings. The summed E-state index contributed by atoms with van der Waals surface area (Å²) in [6.07, 6.45) is 2.70. The Bertz CT molecular complexity index is 286. The minimum atomic E-state index is 0.0807. The number of hydrogen-bond acceptors (Lipinski definition) is 3. The van der Waals surface area contributed by atoms with Crippen molar-refractivity contribution in [3.63, 3.8) is 0 Å². The van der Waals surface area contributed by atoms with E-state index in [-0.39, 0.29) is 6.04 Å². The molecule has 0 aliphatic rings. The van der Waals surface area contributed by atoms with Crippen molar-refractivity contribution in [3.8, 4) is 5.88 Å². The van der Waals surface area contributed by atoms with Gasteiger partial charge in [-0.15, -0.1) is 0 Å². The van der Waals surface area contributed by atoms with Crippen molar-refractivity contribution in [2.24, 2.45) is 5.73 Å². The van der Waals surface area contributed by atoms with Crippen molar-refractivity contribution in [1.82, 2.24) is 4.98 Å². The van der Waals surface area contributed by atoms with Gasteiger partial charge in [-0.05, 0) is 25.0 Å². The fourth-order valence-electron chi connectivity index (χ4n) is 1.24. The molecule has 1 atom stereocenters. The number of hydrogen-bond donors (Lipinski definition) is 1. The van der Waals surface area contributed by atoms with E-state index in [1.807, 2.05) is 13.0 Å². The molecule has 0 aliphatic heterocycles. The number of nitrogens with zero attached hydrogens (tertiary/aromatic N) is 1. The molecule has 0 saturated heterocycles. The Morgan fingerprint density at radius 2 is 2.31 bits per heavy atom. The first kappa shape index (κ1) is 9.99. The Morgan fingerprint density at radius 3 is 2.77 bits per heavy atom. The molecule has 1 unspecified atom stereocenters. The van der Waals surface area contributed by atoms with Gasteiger partial charge in [-0.3, -0.25) is 0 Å². The topological polar surface area (TPSA) is 48.1 Å². The van der Waals surface area contributed by atoms with E-state index in [1.165, 1.54) is 0 Å². The van der Waals surface area contributed by atoms with Crippen molar-refractivity contribution >= 4 is 0 Å². The van der Waals surface area contributed by atoms with Crippen LogP contribution in [0.5, 0.6) is 5.88 Å². The normalized spacial score (nSPS) is 12.6. The maximum absolute atomic E-state index is 5.87. The second-order valence-electron chi connectivity index (χ2n) is 3.11. The second-order valence-corrected chi connectivity index (χ2v) is 3.11. The molecule has 0 fully saturated rings. The number of pyridine rings is 1. The van der Waals surface area contributed by atoms with Crippen LogP contribution in [-0.4, -0.2) is 12.1 Å². The van der Waals surface area contributed by atoms with Crippen molar-refractivity contribution < 1.29 is 4.74 Å². The highest BCUT2D eigenvalue weighted by molar-refractivity contribution is 5.29. The molecule has 0 spiro atoms. The van der Waals surface area contributed by atoms with E-state index in [0.29, 0.717) is 5.88 Å². The van der Waals surface area contributed by atoms with Gasteiger partial charge in [0.15, 0.2) is 0 Å². The molecule has 13 heavy (non-hydrogen) atoms. The maximum Gasteiger partial charge on any atom is 0.215 e. The summed E-state index contributed by atoms with van der Waals surface area (Å²) in [6, 6.07) is 2.11. The third-order valence-corrected chi connectivity index (χ3v) is 2.11. The molecule has 1 rings (SSSR count).